The summed E-state index contributed by atoms with van der Waals surface area (Å²) in [4.78, 5) is 38.4. The molecule has 3 aliphatic rings. The zero-order valence-electron chi connectivity index (χ0n) is 15.0. The second kappa shape index (κ2) is 5.79. The molecule has 0 aromatic carbocycles. The van der Waals surface area contributed by atoms with E-state index < -0.39 is 0 Å². The number of piperidine rings is 3. The average molecular weight is 353 g/mol. The van der Waals surface area contributed by atoms with Crippen LogP contribution < -0.4 is 0 Å². The molecule has 0 spiro atoms. The van der Waals surface area contributed by atoms with Crippen molar-refractivity contribution in [3.05, 3.63) is 29.8 Å². The molecule has 3 aliphatic heterocycles. The molecule has 7 nitrogen and oxygen atoms in total. The SMILES string of the molecule is Cc1nc2ncccn2c1C(=O)N1CC2CC(C1)[C@@H]1CCCC(=O)N1C2. The third kappa shape index (κ3) is 2.33. The summed E-state index contributed by atoms with van der Waals surface area (Å²) in [5.74, 6) is 1.68. The molecule has 7 heteroatoms. The highest BCUT2D eigenvalue weighted by atomic mass is 16.2. The average Bonchev–Trinajstić information content (AvgIpc) is 2.97. The number of amides is 2. The van der Waals surface area contributed by atoms with E-state index in [1.807, 2.05) is 24.1 Å². The number of fused-ring (bicyclic) bond motifs is 5. The van der Waals surface area contributed by atoms with Gasteiger partial charge in [0.2, 0.25) is 11.7 Å². The Morgan fingerprint density at radius 2 is 2.15 bits per heavy atom. The zero-order valence-corrected chi connectivity index (χ0v) is 15.0. The quantitative estimate of drug-likeness (QED) is 0.779. The Labute approximate surface area is 152 Å². The van der Waals surface area contributed by atoms with Gasteiger partial charge in [0.1, 0.15) is 5.69 Å². The second-order valence-corrected chi connectivity index (χ2v) is 7.91. The smallest absolute Gasteiger partial charge is 0.272 e. The standard InChI is InChI=1S/C19H23N5O2/c1-12-17(23-7-3-6-20-19(23)21-12)18(26)22-9-13-8-14(11-22)15-4-2-5-16(25)24(15)10-13/h3,6-7,13-15H,2,4-5,8-11H2,1H3/t13?,14?,15-/m0/s1. The summed E-state index contributed by atoms with van der Waals surface area (Å²) >= 11 is 0. The summed E-state index contributed by atoms with van der Waals surface area (Å²) in [5.41, 5.74) is 1.34. The van der Waals surface area contributed by atoms with Gasteiger partial charge in [0.25, 0.3) is 5.91 Å². The molecule has 0 aliphatic carbocycles. The number of imidazole rings is 1. The van der Waals surface area contributed by atoms with Gasteiger partial charge in [-0.1, -0.05) is 0 Å². The van der Waals surface area contributed by atoms with Gasteiger partial charge in [-0.25, -0.2) is 9.97 Å². The lowest BCUT2D eigenvalue weighted by atomic mass is 9.76. The first-order chi connectivity index (χ1) is 12.6. The van der Waals surface area contributed by atoms with E-state index in [1.54, 1.807) is 10.6 Å². The highest BCUT2D eigenvalue weighted by Gasteiger charge is 2.45. The van der Waals surface area contributed by atoms with Crippen LogP contribution in [-0.4, -0.2) is 61.7 Å². The van der Waals surface area contributed by atoms with Crippen molar-refractivity contribution in [2.45, 2.75) is 38.6 Å². The number of hydrogen-bond acceptors (Lipinski definition) is 4. The molecule has 2 aromatic heterocycles. The molecule has 2 aromatic rings. The molecule has 3 atom stereocenters. The van der Waals surface area contributed by atoms with Crippen LogP contribution in [0.4, 0.5) is 0 Å². The van der Waals surface area contributed by atoms with Crippen LogP contribution in [0.5, 0.6) is 0 Å². The van der Waals surface area contributed by atoms with Crippen LogP contribution in [0.2, 0.25) is 0 Å². The number of carbonyl (C=O) groups excluding carboxylic acids is 2. The van der Waals surface area contributed by atoms with Gasteiger partial charge in [-0.05, 0) is 44.1 Å². The minimum absolute atomic E-state index is 0.0354. The third-order valence-corrected chi connectivity index (χ3v) is 6.25. The van der Waals surface area contributed by atoms with E-state index in [4.69, 9.17) is 0 Å². The summed E-state index contributed by atoms with van der Waals surface area (Å²) in [6.45, 7) is 4.13. The number of likely N-dealkylation sites (tertiary alicyclic amines) is 1. The topological polar surface area (TPSA) is 70.8 Å². The van der Waals surface area contributed by atoms with Gasteiger partial charge in [0, 0.05) is 44.5 Å². The fourth-order valence-corrected chi connectivity index (χ4v) is 5.18. The molecule has 2 unspecified atom stereocenters. The van der Waals surface area contributed by atoms with Gasteiger partial charge in [-0.2, -0.15) is 0 Å². The Hall–Kier alpha value is -2.44. The highest BCUT2D eigenvalue weighted by Crippen LogP contribution is 2.38. The predicted molar refractivity (Wildman–Crippen MR) is 94.6 cm³/mol. The van der Waals surface area contributed by atoms with E-state index >= 15 is 0 Å². The Morgan fingerprint density at radius 3 is 3.04 bits per heavy atom. The summed E-state index contributed by atoms with van der Waals surface area (Å²) < 4.78 is 1.79. The van der Waals surface area contributed by atoms with Crippen LogP contribution in [0, 0.1) is 18.8 Å². The maximum atomic E-state index is 13.3. The molecule has 0 saturated carbocycles. The van der Waals surface area contributed by atoms with Gasteiger partial charge in [0.15, 0.2) is 0 Å². The van der Waals surface area contributed by atoms with Crippen molar-refractivity contribution in [3.8, 4) is 0 Å². The number of nitrogens with zero attached hydrogens (tertiary/aromatic N) is 5. The monoisotopic (exact) mass is 353 g/mol. The van der Waals surface area contributed by atoms with Gasteiger partial charge < -0.3 is 9.80 Å². The number of aromatic nitrogens is 3. The van der Waals surface area contributed by atoms with Crippen molar-refractivity contribution in [1.82, 2.24) is 24.2 Å². The van der Waals surface area contributed by atoms with Gasteiger partial charge in [0.05, 0.1) is 5.69 Å². The van der Waals surface area contributed by atoms with Crippen molar-refractivity contribution in [3.63, 3.8) is 0 Å². The van der Waals surface area contributed by atoms with Crippen molar-refractivity contribution in [2.24, 2.45) is 11.8 Å². The molecule has 3 fully saturated rings. The van der Waals surface area contributed by atoms with E-state index in [1.165, 1.54) is 0 Å². The van der Waals surface area contributed by atoms with Crippen molar-refractivity contribution in [2.75, 3.05) is 19.6 Å². The molecule has 5 heterocycles. The predicted octanol–water partition coefficient (Wildman–Crippen LogP) is 1.51. The van der Waals surface area contributed by atoms with Crippen molar-refractivity contribution < 1.29 is 9.59 Å². The molecule has 5 rings (SSSR count). The summed E-state index contributed by atoms with van der Waals surface area (Å²) in [5, 5.41) is 0. The van der Waals surface area contributed by atoms with E-state index in [2.05, 4.69) is 14.9 Å². The fraction of sp³-hybridized carbons (Fsp3) is 0.579. The van der Waals surface area contributed by atoms with Crippen molar-refractivity contribution in [1.29, 1.82) is 0 Å². The van der Waals surface area contributed by atoms with Gasteiger partial charge in [-0.3, -0.25) is 14.0 Å². The first kappa shape index (κ1) is 15.8. The van der Waals surface area contributed by atoms with Gasteiger partial charge in [-0.15, -0.1) is 0 Å². The van der Waals surface area contributed by atoms with Crippen LogP contribution in [-0.2, 0) is 4.79 Å². The van der Waals surface area contributed by atoms with Crippen LogP contribution in [0.1, 0.15) is 41.9 Å². The largest absolute Gasteiger partial charge is 0.339 e. The molecule has 0 N–H and O–H groups in total. The maximum absolute atomic E-state index is 13.3. The number of aryl methyl sites for hydroxylation is 1. The number of rotatable bonds is 1. The van der Waals surface area contributed by atoms with Crippen LogP contribution in [0.15, 0.2) is 18.5 Å². The van der Waals surface area contributed by atoms with Crippen LogP contribution in [0.3, 0.4) is 0 Å². The molecule has 2 bridgehead atoms. The molecular weight excluding hydrogens is 330 g/mol. The lowest BCUT2D eigenvalue weighted by Crippen LogP contribution is -2.61. The summed E-state index contributed by atoms with van der Waals surface area (Å²) in [6, 6.07) is 2.13. The molecule has 2 amide bonds. The lowest BCUT2D eigenvalue weighted by Gasteiger charge is -2.52. The Morgan fingerprint density at radius 1 is 1.27 bits per heavy atom. The molecule has 136 valence electrons. The van der Waals surface area contributed by atoms with Gasteiger partial charge >= 0.3 is 0 Å². The zero-order chi connectivity index (χ0) is 17.8. The van der Waals surface area contributed by atoms with E-state index in [0.717, 1.165) is 44.6 Å². The Balaban J connectivity index is 1.44. The summed E-state index contributed by atoms with van der Waals surface area (Å²) in [6.07, 6.45) is 7.41. The van der Waals surface area contributed by atoms with E-state index in [-0.39, 0.29) is 5.91 Å². The third-order valence-electron chi connectivity index (χ3n) is 6.25. The molecular formula is C19H23N5O2. The van der Waals surface area contributed by atoms with Crippen LogP contribution in [0.25, 0.3) is 5.78 Å². The van der Waals surface area contributed by atoms with E-state index in [9.17, 15) is 9.59 Å². The Kier molecular flexibility index (Phi) is 3.52. The fourth-order valence-electron chi connectivity index (χ4n) is 5.18. The normalized spacial score (nSPS) is 28.3. The first-order valence-corrected chi connectivity index (χ1v) is 9.50. The lowest BCUT2D eigenvalue weighted by molar-refractivity contribution is -0.144. The molecule has 0 radical (unpaired) electrons. The Bertz CT molecular complexity index is 891. The van der Waals surface area contributed by atoms with Crippen LogP contribution >= 0.6 is 0 Å². The molecule has 26 heavy (non-hydrogen) atoms. The minimum atomic E-state index is 0.0354. The first-order valence-electron chi connectivity index (χ1n) is 9.50. The minimum Gasteiger partial charge on any atom is -0.339 e. The highest BCUT2D eigenvalue weighted by molar-refractivity contribution is 5.94. The van der Waals surface area contributed by atoms with E-state index in [0.29, 0.717) is 41.7 Å². The second-order valence-electron chi connectivity index (χ2n) is 7.91. The number of carbonyl (C=O) groups is 2. The molecule has 3 saturated heterocycles. The van der Waals surface area contributed by atoms with Crippen molar-refractivity contribution >= 4 is 17.6 Å². The number of hydrogen-bond donors (Lipinski definition) is 0. The maximum Gasteiger partial charge on any atom is 0.272 e. The summed E-state index contributed by atoms with van der Waals surface area (Å²) in [7, 11) is 0.